The van der Waals surface area contributed by atoms with Crippen LogP contribution in [-0.2, 0) is 17.7 Å². The SMILES string of the molecule is CC(C)(C)OC(=O)N1CCc2c(C(=O)O)c[nH]c2C1. The summed E-state index contributed by atoms with van der Waals surface area (Å²) in [6.07, 6.45) is 1.63. The molecule has 0 saturated carbocycles. The normalized spacial score (nSPS) is 15.0. The van der Waals surface area contributed by atoms with E-state index in [2.05, 4.69) is 4.98 Å². The Hall–Kier alpha value is -1.98. The molecule has 0 unspecified atom stereocenters. The average Bonchev–Trinajstić information content (AvgIpc) is 2.68. The Bertz CT molecular complexity index is 513. The third-order valence-electron chi connectivity index (χ3n) is 2.94. The van der Waals surface area contributed by atoms with Crippen molar-refractivity contribution in [3.63, 3.8) is 0 Å². The van der Waals surface area contributed by atoms with Crippen LogP contribution in [0.2, 0.25) is 0 Å². The van der Waals surface area contributed by atoms with Crippen molar-refractivity contribution in [2.75, 3.05) is 6.54 Å². The minimum atomic E-state index is -0.941. The van der Waals surface area contributed by atoms with Gasteiger partial charge in [0.25, 0.3) is 0 Å². The highest BCUT2D eigenvalue weighted by molar-refractivity contribution is 5.89. The minimum absolute atomic E-state index is 0.291. The number of carbonyl (C=O) groups excluding carboxylic acids is 1. The molecule has 1 aromatic heterocycles. The predicted molar refractivity (Wildman–Crippen MR) is 68.1 cm³/mol. The van der Waals surface area contributed by atoms with Gasteiger partial charge in [-0.2, -0.15) is 0 Å². The topological polar surface area (TPSA) is 82.6 Å². The number of hydrogen-bond donors (Lipinski definition) is 2. The van der Waals surface area contributed by atoms with Gasteiger partial charge in [-0.15, -0.1) is 0 Å². The molecule has 6 nitrogen and oxygen atoms in total. The van der Waals surface area contributed by atoms with Crippen molar-refractivity contribution < 1.29 is 19.4 Å². The van der Waals surface area contributed by atoms with E-state index in [-0.39, 0.29) is 6.09 Å². The summed E-state index contributed by atoms with van der Waals surface area (Å²) in [6, 6.07) is 0. The second-order valence-electron chi connectivity index (χ2n) is 5.62. The first kappa shape index (κ1) is 13.5. The first-order chi connectivity index (χ1) is 8.78. The molecule has 1 amide bonds. The maximum atomic E-state index is 11.9. The molecular formula is C13H18N2O4. The summed E-state index contributed by atoms with van der Waals surface area (Å²) in [5.74, 6) is -0.941. The number of hydrogen-bond acceptors (Lipinski definition) is 3. The number of amides is 1. The van der Waals surface area contributed by atoms with Crippen LogP contribution < -0.4 is 0 Å². The third-order valence-corrected chi connectivity index (χ3v) is 2.94. The maximum Gasteiger partial charge on any atom is 0.410 e. The van der Waals surface area contributed by atoms with Gasteiger partial charge < -0.3 is 19.7 Å². The Labute approximate surface area is 111 Å². The molecule has 6 heteroatoms. The molecule has 0 aromatic carbocycles. The number of aromatic carboxylic acids is 1. The van der Waals surface area contributed by atoms with Crippen molar-refractivity contribution in [2.45, 2.75) is 39.3 Å². The molecule has 0 aliphatic carbocycles. The van der Waals surface area contributed by atoms with Gasteiger partial charge in [0, 0.05) is 18.4 Å². The molecular weight excluding hydrogens is 248 g/mol. The van der Waals surface area contributed by atoms with Crippen LogP contribution >= 0.6 is 0 Å². The van der Waals surface area contributed by atoms with Gasteiger partial charge in [-0.25, -0.2) is 9.59 Å². The first-order valence-corrected chi connectivity index (χ1v) is 6.18. The molecule has 2 heterocycles. The first-order valence-electron chi connectivity index (χ1n) is 6.18. The lowest BCUT2D eigenvalue weighted by atomic mass is 10.0. The summed E-state index contributed by atoms with van der Waals surface area (Å²) < 4.78 is 5.30. The van der Waals surface area contributed by atoms with Crippen LogP contribution in [0, 0.1) is 0 Å². The molecule has 1 aliphatic heterocycles. The highest BCUT2D eigenvalue weighted by atomic mass is 16.6. The third kappa shape index (κ3) is 2.89. The van der Waals surface area contributed by atoms with E-state index < -0.39 is 11.6 Å². The van der Waals surface area contributed by atoms with Crippen LogP contribution in [0.25, 0.3) is 0 Å². The number of rotatable bonds is 1. The Morgan fingerprint density at radius 1 is 1.42 bits per heavy atom. The Balaban J connectivity index is 2.11. The number of nitrogens with zero attached hydrogens (tertiary/aromatic N) is 1. The number of aromatic amines is 1. The van der Waals surface area contributed by atoms with Gasteiger partial charge in [-0.1, -0.05) is 0 Å². The molecule has 1 aromatic rings. The second kappa shape index (κ2) is 4.60. The highest BCUT2D eigenvalue weighted by Gasteiger charge is 2.28. The van der Waals surface area contributed by atoms with Crippen LogP contribution in [0.15, 0.2) is 6.20 Å². The zero-order valence-corrected chi connectivity index (χ0v) is 11.3. The van der Waals surface area contributed by atoms with Gasteiger partial charge in [-0.05, 0) is 32.8 Å². The largest absolute Gasteiger partial charge is 0.478 e. The fraction of sp³-hybridized carbons (Fsp3) is 0.538. The van der Waals surface area contributed by atoms with E-state index in [9.17, 15) is 9.59 Å². The molecule has 0 saturated heterocycles. The Kier molecular flexibility index (Phi) is 3.26. The van der Waals surface area contributed by atoms with Crippen molar-refractivity contribution in [2.24, 2.45) is 0 Å². The summed E-state index contributed by atoms with van der Waals surface area (Å²) in [6.45, 7) is 6.28. The summed E-state index contributed by atoms with van der Waals surface area (Å²) in [5.41, 5.74) is 1.32. The van der Waals surface area contributed by atoms with Crippen LogP contribution in [0.5, 0.6) is 0 Å². The lowest BCUT2D eigenvalue weighted by molar-refractivity contribution is 0.0221. The van der Waals surface area contributed by atoms with Crippen molar-refractivity contribution in [1.82, 2.24) is 9.88 Å². The fourth-order valence-corrected chi connectivity index (χ4v) is 2.11. The smallest absolute Gasteiger partial charge is 0.410 e. The van der Waals surface area contributed by atoms with E-state index in [0.717, 1.165) is 11.3 Å². The van der Waals surface area contributed by atoms with Crippen LogP contribution in [0.3, 0.4) is 0 Å². The van der Waals surface area contributed by atoms with E-state index in [1.807, 2.05) is 20.8 Å². The number of nitrogens with one attached hydrogen (secondary N) is 1. The molecule has 2 N–H and O–H groups in total. The molecule has 1 aliphatic rings. The molecule has 0 fully saturated rings. The quantitative estimate of drug-likeness (QED) is 0.814. The monoisotopic (exact) mass is 266 g/mol. The van der Waals surface area contributed by atoms with Crippen molar-refractivity contribution in [3.8, 4) is 0 Å². The molecule has 0 radical (unpaired) electrons. The maximum absolute atomic E-state index is 11.9. The van der Waals surface area contributed by atoms with Gasteiger partial charge in [0.1, 0.15) is 5.60 Å². The number of carbonyl (C=O) groups is 2. The minimum Gasteiger partial charge on any atom is -0.478 e. The van der Waals surface area contributed by atoms with Crippen molar-refractivity contribution >= 4 is 12.1 Å². The highest BCUT2D eigenvalue weighted by Crippen LogP contribution is 2.23. The van der Waals surface area contributed by atoms with Crippen molar-refractivity contribution in [1.29, 1.82) is 0 Å². The van der Waals surface area contributed by atoms with Crippen LogP contribution in [0.4, 0.5) is 4.79 Å². The summed E-state index contributed by atoms with van der Waals surface area (Å²) in [5, 5.41) is 9.03. The Morgan fingerprint density at radius 2 is 2.11 bits per heavy atom. The van der Waals surface area contributed by atoms with E-state index in [1.54, 1.807) is 4.90 Å². The van der Waals surface area contributed by atoms with Gasteiger partial charge in [0.2, 0.25) is 0 Å². The zero-order valence-electron chi connectivity index (χ0n) is 11.3. The second-order valence-corrected chi connectivity index (χ2v) is 5.62. The standard InChI is InChI=1S/C13H18N2O4/c1-13(2,3)19-12(18)15-5-4-8-9(11(16)17)6-14-10(8)7-15/h6,14H,4-5,7H2,1-3H3,(H,16,17). The summed E-state index contributed by atoms with van der Waals surface area (Å²) in [4.78, 5) is 27.5. The van der Waals surface area contributed by atoms with Gasteiger partial charge in [-0.3, -0.25) is 0 Å². The number of carboxylic acids is 1. The fourth-order valence-electron chi connectivity index (χ4n) is 2.11. The lowest BCUT2D eigenvalue weighted by Gasteiger charge is -2.30. The average molecular weight is 266 g/mol. The van der Waals surface area contributed by atoms with Gasteiger partial charge >= 0.3 is 12.1 Å². The Morgan fingerprint density at radius 3 is 2.68 bits per heavy atom. The number of fused-ring (bicyclic) bond motifs is 1. The van der Waals surface area contributed by atoms with Gasteiger partial charge in [0.05, 0.1) is 12.1 Å². The number of H-pyrrole nitrogens is 1. The number of aromatic nitrogens is 1. The number of ether oxygens (including phenoxy) is 1. The predicted octanol–water partition coefficient (Wildman–Crippen LogP) is 2.01. The van der Waals surface area contributed by atoms with Crippen molar-refractivity contribution in [3.05, 3.63) is 23.0 Å². The molecule has 2 rings (SSSR count). The molecule has 19 heavy (non-hydrogen) atoms. The molecule has 104 valence electrons. The summed E-state index contributed by atoms with van der Waals surface area (Å²) >= 11 is 0. The summed E-state index contributed by atoms with van der Waals surface area (Å²) in [7, 11) is 0. The molecule has 0 spiro atoms. The molecule has 0 atom stereocenters. The zero-order chi connectivity index (χ0) is 14.2. The number of carboxylic acid groups (broad SMARTS) is 1. The van der Waals surface area contributed by atoms with Gasteiger partial charge in [0.15, 0.2) is 0 Å². The van der Waals surface area contributed by atoms with E-state index in [4.69, 9.17) is 9.84 Å². The van der Waals surface area contributed by atoms with Crippen LogP contribution in [-0.4, -0.2) is 39.2 Å². The van der Waals surface area contributed by atoms with E-state index >= 15 is 0 Å². The molecule has 0 bridgehead atoms. The van der Waals surface area contributed by atoms with Crippen LogP contribution in [0.1, 0.15) is 42.4 Å². The van der Waals surface area contributed by atoms with E-state index in [1.165, 1.54) is 6.20 Å². The lowest BCUT2D eigenvalue weighted by Crippen LogP contribution is -2.40. The van der Waals surface area contributed by atoms with E-state index in [0.29, 0.717) is 25.1 Å².